The Kier molecular flexibility index (Phi) is 7.02. The van der Waals surface area contributed by atoms with E-state index in [4.69, 9.17) is 11.6 Å². The van der Waals surface area contributed by atoms with Crippen LogP contribution in [0.2, 0.25) is 5.15 Å². The number of halogens is 1. The number of aryl methyl sites for hydroxylation is 1. The van der Waals surface area contributed by atoms with E-state index in [1.165, 1.54) is 0 Å². The molecule has 134 valence electrons. The monoisotopic (exact) mass is 377 g/mol. The fraction of sp³-hybridized carbons (Fsp3) is 0.368. The van der Waals surface area contributed by atoms with Crippen LogP contribution in [0.3, 0.4) is 0 Å². The maximum atomic E-state index is 12.6. The van der Waals surface area contributed by atoms with Crippen molar-refractivity contribution in [2.75, 3.05) is 6.54 Å². The van der Waals surface area contributed by atoms with Crippen molar-refractivity contribution < 1.29 is 4.79 Å². The molecule has 2 heterocycles. The highest BCUT2D eigenvalue weighted by Gasteiger charge is 2.14. The van der Waals surface area contributed by atoms with Gasteiger partial charge in [-0.05, 0) is 30.4 Å². The highest BCUT2D eigenvalue weighted by atomic mass is 35.5. The topological polar surface area (TPSA) is 38.1 Å². The zero-order chi connectivity index (χ0) is 18.4. The second-order valence-electron chi connectivity index (χ2n) is 6.29. The lowest BCUT2D eigenvalue weighted by atomic mass is 10.2. The van der Waals surface area contributed by atoms with E-state index in [9.17, 15) is 4.79 Å². The van der Waals surface area contributed by atoms with Crippen molar-refractivity contribution in [1.29, 1.82) is 0 Å². The van der Waals surface area contributed by atoms with E-state index in [0.29, 0.717) is 24.2 Å². The zero-order valence-corrected chi connectivity index (χ0v) is 16.5. The Morgan fingerprint density at radius 2 is 2.28 bits per heavy atom. The SMILES string of the molecule is C=CCN(Cc1cccs1)C(=O)/C=C/c1c(C)nn(CC(C)C)c1Cl. The molecule has 0 aromatic carbocycles. The fourth-order valence-electron chi connectivity index (χ4n) is 2.46. The van der Waals surface area contributed by atoms with Crippen LogP contribution in [0.4, 0.5) is 0 Å². The molecule has 0 radical (unpaired) electrons. The first-order chi connectivity index (χ1) is 11.9. The van der Waals surface area contributed by atoms with Gasteiger partial charge in [-0.2, -0.15) is 5.10 Å². The molecule has 2 aromatic rings. The van der Waals surface area contributed by atoms with Gasteiger partial charge in [-0.25, -0.2) is 0 Å². The van der Waals surface area contributed by atoms with Gasteiger partial charge in [0.05, 0.1) is 12.2 Å². The standard InChI is InChI=1S/C19H24ClN3OS/c1-5-10-22(13-16-7-6-11-25-16)18(24)9-8-17-15(4)21-23(19(17)20)12-14(2)3/h5-9,11,14H,1,10,12-13H2,2-4H3/b9-8+. The molecule has 2 aromatic heterocycles. The molecule has 0 saturated carbocycles. The summed E-state index contributed by atoms with van der Waals surface area (Å²) >= 11 is 8.06. The zero-order valence-electron chi connectivity index (χ0n) is 14.9. The highest BCUT2D eigenvalue weighted by Crippen LogP contribution is 2.22. The van der Waals surface area contributed by atoms with Gasteiger partial charge >= 0.3 is 0 Å². The molecule has 0 N–H and O–H groups in total. The average molecular weight is 378 g/mol. The smallest absolute Gasteiger partial charge is 0.247 e. The molecule has 2 rings (SSSR count). The number of hydrogen-bond donors (Lipinski definition) is 0. The van der Waals surface area contributed by atoms with Gasteiger partial charge in [0.1, 0.15) is 5.15 Å². The average Bonchev–Trinajstić information content (AvgIpc) is 3.14. The number of carbonyl (C=O) groups is 1. The minimum absolute atomic E-state index is 0.0691. The fourth-order valence-corrected chi connectivity index (χ4v) is 3.49. The number of aromatic nitrogens is 2. The number of amides is 1. The van der Waals surface area contributed by atoms with Crippen LogP contribution in [-0.2, 0) is 17.9 Å². The summed E-state index contributed by atoms with van der Waals surface area (Å²) in [4.78, 5) is 15.5. The Morgan fingerprint density at radius 3 is 2.88 bits per heavy atom. The lowest BCUT2D eigenvalue weighted by Crippen LogP contribution is -2.28. The largest absolute Gasteiger partial charge is 0.330 e. The van der Waals surface area contributed by atoms with Crippen LogP contribution in [0.5, 0.6) is 0 Å². The van der Waals surface area contributed by atoms with Crippen LogP contribution >= 0.6 is 22.9 Å². The Bertz CT molecular complexity index is 747. The minimum atomic E-state index is -0.0691. The molecule has 0 aliphatic rings. The van der Waals surface area contributed by atoms with Crippen molar-refractivity contribution in [2.45, 2.75) is 33.9 Å². The molecule has 0 unspecified atom stereocenters. The van der Waals surface area contributed by atoms with E-state index in [0.717, 1.165) is 22.7 Å². The Hall–Kier alpha value is -1.85. The molecule has 0 fully saturated rings. The third-order valence-corrected chi connectivity index (χ3v) is 4.89. The number of nitrogens with zero attached hydrogens (tertiary/aromatic N) is 3. The van der Waals surface area contributed by atoms with E-state index in [1.54, 1.807) is 39.1 Å². The van der Waals surface area contributed by atoms with Gasteiger partial charge in [0.2, 0.25) is 5.91 Å². The normalized spacial score (nSPS) is 11.4. The van der Waals surface area contributed by atoms with E-state index < -0.39 is 0 Å². The molecule has 6 heteroatoms. The van der Waals surface area contributed by atoms with E-state index >= 15 is 0 Å². The minimum Gasteiger partial charge on any atom is -0.330 e. The van der Waals surface area contributed by atoms with Crippen molar-refractivity contribution in [3.05, 3.63) is 57.5 Å². The van der Waals surface area contributed by atoms with Gasteiger partial charge in [0.25, 0.3) is 0 Å². The number of hydrogen-bond acceptors (Lipinski definition) is 3. The molecular weight excluding hydrogens is 354 g/mol. The van der Waals surface area contributed by atoms with Crippen molar-refractivity contribution in [3.63, 3.8) is 0 Å². The maximum absolute atomic E-state index is 12.6. The molecule has 0 bridgehead atoms. The molecule has 0 atom stereocenters. The maximum Gasteiger partial charge on any atom is 0.247 e. The lowest BCUT2D eigenvalue weighted by Gasteiger charge is -2.18. The Morgan fingerprint density at radius 1 is 1.52 bits per heavy atom. The quantitative estimate of drug-likeness (QED) is 0.490. The van der Waals surface area contributed by atoms with E-state index in [2.05, 4.69) is 25.5 Å². The van der Waals surface area contributed by atoms with Crippen LogP contribution in [0, 0.1) is 12.8 Å². The molecule has 25 heavy (non-hydrogen) atoms. The van der Waals surface area contributed by atoms with Crippen molar-refractivity contribution in [2.24, 2.45) is 5.92 Å². The third-order valence-electron chi connectivity index (χ3n) is 3.63. The van der Waals surface area contributed by atoms with E-state index in [-0.39, 0.29) is 5.91 Å². The Balaban J connectivity index is 2.14. The van der Waals surface area contributed by atoms with Crippen LogP contribution in [0.1, 0.15) is 30.0 Å². The summed E-state index contributed by atoms with van der Waals surface area (Å²) in [5, 5.41) is 7.05. The Labute approximate surface area is 158 Å². The number of rotatable bonds is 8. The van der Waals surface area contributed by atoms with Crippen molar-refractivity contribution in [3.8, 4) is 0 Å². The van der Waals surface area contributed by atoms with Gasteiger partial charge in [0.15, 0.2) is 0 Å². The van der Waals surface area contributed by atoms with Crippen LogP contribution < -0.4 is 0 Å². The molecular formula is C19H24ClN3OS. The second-order valence-corrected chi connectivity index (χ2v) is 7.68. The summed E-state index contributed by atoms with van der Waals surface area (Å²) in [5.74, 6) is 0.379. The number of thiophene rings is 1. The first kappa shape index (κ1) is 19.5. The van der Waals surface area contributed by atoms with E-state index in [1.807, 2.05) is 24.4 Å². The van der Waals surface area contributed by atoms with Crippen LogP contribution in [0.15, 0.2) is 36.2 Å². The summed E-state index contributed by atoms with van der Waals surface area (Å²) < 4.78 is 1.79. The lowest BCUT2D eigenvalue weighted by molar-refractivity contribution is -0.126. The third kappa shape index (κ3) is 5.31. The summed E-state index contributed by atoms with van der Waals surface area (Å²) in [6.07, 6.45) is 5.05. The van der Waals surface area contributed by atoms with Gasteiger partial charge in [-0.15, -0.1) is 17.9 Å². The molecule has 0 aliphatic heterocycles. The van der Waals surface area contributed by atoms with Gasteiger partial charge in [-0.1, -0.05) is 37.6 Å². The molecule has 0 aliphatic carbocycles. The van der Waals surface area contributed by atoms with Gasteiger partial charge < -0.3 is 4.90 Å². The molecule has 0 saturated heterocycles. The highest BCUT2D eigenvalue weighted by molar-refractivity contribution is 7.09. The van der Waals surface area contributed by atoms with Crippen molar-refractivity contribution >= 4 is 34.9 Å². The van der Waals surface area contributed by atoms with Gasteiger partial charge in [0, 0.05) is 29.6 Å². The summed E-state index contributed by atoms with van der Waals surface area (Å²) in [6, 6.07) is 4.01. The molecule has 4 nitrogen and oxygen atoms in total. The summed E-state index contributed by atoms with van der Waals surface area (Å²) in [6.45, 7) is 11.7. The number of carbonyl (C=O) groups excluding carboxylic acids is 1. The molecule has 0 spiro atoms. The second kappa shape index (κ2) is 9.02. The van der Waals surface area contributed by atoms with Crippen LogP contribution in [0.25, 0.3) is 6.08 Å². The predicted molar refractivity (Wildman–Crippen MR) is 106 cm³/mol. The summed E-state index contributed by atoms with van der Waals surface area (Å²) in [5.41, 5.74) is 1.62. The predicted octanol–water partition coefficient (Wildman–Crippen LogP) is 4.79. The molecule has 1 amide bonds. The van der Waals surface area contributed by atoms with Crippen molar-refractivity contribution in [1.82, 2.24) is 14.7 Å². The van der Waals surface area contributed by atoms with Crippen LogP contribution in [-0.4, -0.2) is 27.1 Å². The first-order valence-electron chi connectivity index (χ1n) is 8.25. The van der Waals surface area contributed by atoms with Gasteiger partial charge in [-0.3, -0.25) is 9.48 Å². The first-order valence-corrected chi connectivity index (χ1v) is 9.51. The summed E-state index contributed by atoms with van der Waals surface area (Å²) in [7, 11) is 0.